The molecule has 0 saturated carbocycles. The van der Waals surface area contributed by atoms with Crippen molar-refractivity contribution in [2.24, 2.45) is 0 Å². The van der Waals surface area contributed by atoms with Crippen molar-refractivity contribution in [1.82, 2.24) is 9.80 Å². The molecule has 8 heteroatoms. The summed E-state index contributed by atoms with van der Waals surface area (Å²) in [6, 6.07) is 1.73. The minimum atomic E-state index is -0.777. The number of hydrogen-bond acceptors (Lipinski definition) is 3. The van der Waals surface area contributed by atoms with E-state index in [1.165, 1.54) is 4.90 Å². The summed E-state index contributed by atoms with van der Waals surface area (Å²) < 4.78 is 32.8. The fourth-order valence-electron chi connectivity index (χ4n) is 2.83. The minimum absolute atomic E-state index is 0.171. The molecular weight excluding hydrogens is 410 g/mol. The van der Waals surface area contributed by atoms with Crippen molar-refractivity contribution in [3.63, 3.8) is 0 Å². The lowest BCUT2D eigenvalue weighted by Crippen LogP contribution is -2.48. The molecule has 1 heterocycles. The topological polar surface area (TPSA) is 49.9 Å². The van der Waals surface area contributed by atoms with Crippen molar-refractivity contribution < 1.29 is 23.1 Å². The van der Waals surface area contributed by atoms with Gasteiger partial charge in [0.2, 0.25) is 0 Å². The molecule has 1 saturated heterocycles. The van der Waals surface area contributed by atoms with Crippen molar-refractivity contribution in [2.45, 2.75) is 45.3 Å². The molecule has 1 aromatic carbocycles. The van der Waals surface area contributed by atoms with E-state index in [4.69, 9.17) is 4.74 Å². The van der Waals surface area contributed by atoms with E-state index in [1.54, 1.807) is 32.7 Å². The van der Waals surface area contributed by atoms with E-state index >= 15 is 0 Å². The third-order valence-corrected chi connectivity index (χ3v) is 5.02. The molecule has 0 N–H and O–H groups in total. The summed E-state index contributed by atoms with van der Waals surface area (Å²) in [6.45, 7) is 6.27. The first-order valence-corrected chi connectivity index (χ1v) is 9.19. The van der Waals surface area contributed by atoms with Crippen LogP contribution in [0.25, 0.3) is 0 Å². The van der Waals surface area contributed by atoms with Gasteiger partial charge < -0.3 is 14.5 Å². The molecule has 0 radical (unpaired) electrons. The Balaban J connectivity index is 2.02. The molecule has 1 fully saturated rings. The average molecular weight is 433 g/mol. The van der Waals surface area contributed by atoms with E-state index in [0.717, 1.165) is 12.1 Å². The molecule has 2 rings (SSSR count). The summed E-state index contributed by atoms with van der Waals surface area (Å²) in [5.74, 6) is -2.06. The number of halogens is 3. The number of piperidine rings is 1. The van der Waals surface area contributed by atoms with Gasteiger partial charge in [0.1, 0.15) is 17.2 Å². The smallest absolute Gasteiger partial charge is 0.410 e. The van der Waals surface area contributed by atoms with Crippen molar-refractivity contribution in [3.8, 4) is 0 Å². The van der Waals surface area contributed by atoms with E-state index < -0.39 is 23.1 Å². The third kappa shape index (κ3) is 4.72. The van der Waals surface area contributed by atoms with Gasteiger partial charge in [-0.2, -0.15) is 0 Å². The highest BCUT2D eigenvalue weighted by Gasteiger charge is 2.32. The molecule has 2 amide bonds. The van der Waals surface area contributed by atoms with Gasteiger partial charge in [0, 0.05) is 26.2 Å². The van der Waals surface area contributed by atoms with Crippen LogP contribution in [0.5, 0.6) is 0 Å². The normalized spacial score (nSPS) is 15.7. The number of benzene rings is 1. The van der Waals surface area contributed by atoms with Gasteiger partial charge in [-0.25, -0.2) is 13.6 Å². The van der Waals surface area contributed by atoms with Crippen LogP contribution in [0.1, 0.15) is 44.0 Å². The van der Waals surface area contributed by atoms with E-state index in [-0.39, 0.29) is 22.2 Å². The van der Waals surface area contributed by atoms with Gasteiger partial charge >= 0.3 is 6.09 Å². The fraction of sp³-hybridized carbons (Fsp3) is 0.556. The fourth-order valence-corrected chi connectivity index (χ4v) is 3.32. The molecule has 0 atom stereocenters. The number of nitrogens with zero attached hydrogens (tertiary/aromatic N) is 2. The van der Waals surface area contributed by atoms with Crippen LogP contribution in [0.15, 0.2) is 16.6 Å². The Morgan fingerprint density at radius 2 is 1.73 bits per heavy atom. The number of hydrogen-bond donors (Lipinski definition) is 0. The van der Waals surface area contributed by atoms with E-state index in [1.807, 2.05) is 0 Å². The molecule has 0 unspecified atom stereocenters. The Labute approximate surface area is 160 Å². The number of carbonyl (C=O) groups excluding carboxylic acids is 2. The van der Waals surface area contributed by atoms with Crippen LogP contribution in [0.3, 0.4) is 0 Å². The van der Waals surface area contributed by atoms with E-state index in [2.05, 4.69) is 15.9 Å². The zero-order chi connectivity index (χ0) is 19.6. The Morgan fingerprint density at radius 1 is 1.19 bits per heavy atom. The molecule has 1 aliphatic rings. The Kier molecular flexibility index (Phi) is 6.26. The van der Waals surface area contributed by atoms with Gasteiger partial charge in [-0.1, -0.05) is 0 Å². The monoisotopic (exact) mass is 432 g/mol. The van der Waals surface area contributed by atoms with Gasteiger partial charge in [0.15, 0.2) is 0 Å². The molecule has 144 valence electrons. The summed E-state index contributed by atoms with van der Waals surface area (Å²) in [5, 5.41) is 0. The van der Waals surface area contributed by atoms with Crippen molar-refractivity contribution >= 4 is 27.9 Å². The average Bonchev–Trinajstić information content (AvgIpc) is 2.56. The quantitative estimate of drug-likeness (QED) is 0.657. The predicted molar refractivity (Wildman–Crippen MR) is 97.0 cm³/mol. The molecule has 0 aromatic heterocycles. The highest BCUT2D eigenvalue weighted by atomic mass is 79.9. The van der Waals surface area contributed by atoms with Crippen LogP contribution in [0.2, 0.25) is 0 Å². The molecular formula is C18H23BrF2N2O3. The maximum absolute atomic E-state index is 14.0. The predicted octanol–water partition coefficient (Wildman–Crippen LogP) is 4.20. The maximum atomic E-state index is 14.0. The standard InChI is InChI=1S/C18H23BrF2N2O3/c1-18(2,3)26-17(25)23-9-7-11(8-10-23)22(4)16(24)14-12(20)5-6-13(21)15(14)19/h5-6,11H,7-10H2,1-4H3. The van der Waals surface area contributed by atoms with Gasteiger partial charge in [-0.05, 0) is 61.7 Å². The SMILES string of the molecule is CN(C(=O)c1c(F)ccc(F)c1Br)C1CCN(C(=O)OC(C)(C)C)CC1. The second-order valence-electron chi connectivity index (χ2n) is 7.33. The molecule has 26 heavy (non-hydrogen) atoms. The first-order chi connectivity index (χ1) is 12.0. The number of amides is 2. The molecule has 0 aliphatic carbocycles. The lowest BCUT2D eigenvalue weighted by Gasteiger charge is -2.37. The van der Waals surface area contributed by atoms with Crippen molar-refractivity contribution in [2.75, 3.05) is 20.1 Å². The third-order valence-electron chi connectivity index (χ3n) is 4.24. The largest absolute Gasteiger partial charge is 0.444 e. The van der Waals surface area contributed by atoms with Crippen LogP contribution in [-0.2, 0) is 4.74 Å². The van der Waals surface area contributed by atoms with Crippen molar-refractivity contribution in [3.05, 3.63) is 33.8 Å². The first-order valence-electron chi connectivity index (χ1n) is 8.40. The first kappa shape index (κ1) is 20.6. The van der Waals surface area contributed by atoms with Gasteiger partial charge in [-0.3, -0.25) is 4.79 Å². The molecule has 1 aromatic rings. The highest BCUT2D eigenvalue weighted by molar-refractivity contribution is 9.10. The summed E-state index contributed by atoms with van der Waals surface area (Å²) in [4.78, 5) is 27.7. The van der Waals surface area contributed by atoms with Crippen LogP contribution in [0.4, 0.5) is 13.6 Å². The maximum Gasteiger partial charge on any atom is 0.410 e. The number of likely N-dealkylation sites (tertiary alicyclic amines) is 1. The molecule has 0 spiro atoms. The van der Waals surface area contributed by atoms with Gasteiger partial charge in [-0.15, -0.1) is 0 Å². The Hall–Kier alpha value is -1.70. The van der Waals surface area contributed by atoms with Crippen LogP contribution in [-0.4, -0.2) is 53.6 Å². The number of carbonyl (C=O) groups is 2. The Morgan fingerprint density at radius 3 is 2.27 bits per heavy atom. The van der Waals surface area contributed by atoms with Crippen LogP contribution < -0.4 is 0 Å². The van der Waals surface area contributed by atoms with E-state index in [9.17, 15) is 18.4 Å². The lowest BCUT2D eigenvalue weighted by molar-refractivity contribution is 0.0159. The summed E-state index contributed by atoms with van der Waals surface area (Å²) in [5.41, 5.74) is -0.885. The van der Waals surface area contributed by atoms with Gasteiger partial charge in [0.05, 0.1) is 10.0 Å². The zero-order valence-corrected chi connectivity index (χ0v) is 16.9. The Bertz CT molecular complexity index is 698. The second-order valence-corrected chi connectivity index (χ2v) is 8.13. The molecule has 1 aliphatic heterocycles. The molecule has 5 nitrogen and oxygen atoms in total. The van der Waals surface area contributed by atoms with Crippen LogP contribution >= 0.6 is 15.9 Å². The van der Waals surface area contributed by atoms with Crippen LogP contribution in [0, 0.1) is 11.6 Å². The number of rotatable bonds is 2. The lowest BCUT2D eigenvalue weighted by atomic mass is 10.0. The highest BCUT2D eigenvalue weighted by Crippen LogP contribution is 2.27. The summed E-state index contributed by atoms with van der Waals surface area (Å²) in [7, 11) is 1.56. The van der Waals surface area contributed by atoms with E-state index in [0.29, 0.717) is 25.9 Å². The second kappa shape index (κ2) is 7.90. The zero-order valence-electron chi connectivity index (χ0n) is 15.3. The summed E-state index contributed by atoms with van der Waals surface area (Å²) >= 11 is 2.95. The molecule has 0 bridgehead atoms. The number of ether oxygens (including phenoxy) is 1. The van der Waals surface area contributed by atoms with Crippen molar-refractivity contribution in [1.29, 1.82) is 0 Å². The van der Waals surface area contributed by atoms with Gasteiger partial charge in [0.25, 0.3) is 5.91 Å². The summed E-state index contributed by atoms with van der Waals surface area (Å²) in [6.07, 6.45) is 0.690. The minimum Gasteiger partial charge on any atom is -0.444 e.